The molecule has 1 aromatic heterocycles. The van der Waals surface area contributed by atoms with Gasteiger partial charge in [-0.05, 0) is 19.1 Å². The minimum absolute atomic E-state index is 0.0576. The van der Waals surface area contributed by atoms with E-state index in [1.54, 1.807) is 6.20 Å². The van der Waals surface area contributed by atoms with Gasteiger partial charge in [-0.2, -0.15) is 0 Å². The number of halogens is 1. The molecule has 7 heteroatoms. The van der Waals surface area contributed by atoms with E-state index in [2.05, 4.69) is 9.71 Å². The number of sulfonamides is 1. The summed E-state index contributed by atoms with van der Waals surface area (Å²) >= 11 is 0. The number of rotatable bonds is 4. The standard InChI is InChI=1S/C11H12FN3O2S/c1-2-18(16,17)14-9-3-4-11(10(12)7-9)15-6-5-13-8-15/h3-8,14H,2H2,1H3. The summed E-state index contributed by atoms with van der Waals surface area (Å²) < 4.78 is 40.3. The number of imidazole rings is 1. The Balaban J connectivity index is 2.31. The largest absolute Gasteiger partial charge is 0.303 e. The second kappa shape index (κ2) is 4.77. The Bertz CT molecular complexity index is 638. The molecular weight excluding hydrogens is 257 g/mol. The predicted molar refractivity (Wildman–Crippen MR) is 66.6 cm³/mol. The van der Waals surface area contributed by atoms with E-state index >= 15 is 0 Å². The van der Waals surface area contributed by atoms with Gasteiger partial charge >= 0.3 is 0 Å². The van der Waals surface area contributed by atoms with Gasteiger partial charge in [-0.3, -0.25) is 4.72 Å². The lowest BCUT2D eigenvalue weighted by atomic mass is 10.2. The zero-order valence-electron chi connectivity index (χ0n) is 9.67. The highest BCUT2D eigenvalue weighted by molar-refractivity contribution is 7.92. The van der Waals surface area contributed by atoms with E-state index in [0.717, 1.165) is 6.07 Å². The van der Waals surface area contributed by atoms with E-state index in [9.17, 15) is 12.8 Å². The maximum absolute atomic E-state index is 13.8. The Hall–Kier alpha value is -1.89. The van der Waals surface area contributed by atoms with Crippen LogP contribution in [0.1, 0.15) is 6.92 Å². The number of aromatic nitrogens is 2. The number of nitrogens with zero attached hydrogens (tertiary/aromatic N) is 2. The van der Waals surface area contributed by atoms with E-state index in [1.165, 1.54) is 36.1 Å². The molecule has 0 fully saturated rings. The third-order valence-corrected chi connectivity index (χ3v) is 3.69. The number of nitrogens with one attached hydrogen (secondary N) is 1. The third kappa shape index (κ3) is 2.67. The van der Waals surface area contributed by atoms with Crippen LogP contribution in [0.5, 0.6) is 0 Å². The molecule has 18 heavy (non-hydrogen) atoms. The molecule has 1 aromatic carbocycles. The molecule has 0 unspecified atom stereocenters. The Kier molecular flexibility index (Phi) is 3.33. The van der Waals surface area contributed by atoms with Crippen LogP contribution in [-0.2, 0) is 10.0 Å². The fourth-order valence-electron chi connectivity index (χ4n) is 1.43. The topological polar surface area (TPSA) is 64.0 Å². The molecule has 0 aliphatic rings. The lowest BCUT2D eigenvalue weighted by molar-refractivity contribution is 0.602. The highest BCUT2D eigenvalue weighted by Crippen LogP contribution is 2.18. The van der Waals surface area contributed by atoms with Crippen LogP contribution in [0.3, 0.4) is 0 Å². The predicted octanol–water partition coefficient (Wildman–Crippen LogP) is 1.77. The summed E-state index contributed by atoms with van der Waals surface area (Å²) in [6, 6.07) is 4.14. The van der Waals surface area contributed by atoms with Gasteiger partial charge in [0.1, 0.15) is 5.82 Å². The van der Waals surface area contributed by atoms with E-state index in [-0.39, 0.29) is 11.4 Å². The van der Waals surface area contributed by atoms with Crippen LogP contribution in [0.15, 0.2) is 36.9 Å². The molecule has 0 spiro atoms. The van der Waals surface area contributed by atoms with Crippen molar-refractivity contribution in [3.63, 3.8) is 0 Å². The fraction of sp³-hybridized carbons (Fsp3) is 0.182. The van der Waals surface area contributed by atoms with Gasteiger partial charge in [0.2, 0.25) is 10.0 Å². The van der Waals surface area contributed by atoms with Crippen molar-refractivity contribution in [1.82, 2.24) is 9.55 Å². The summed E-state index contributed by atoms with van der Waals surface area (Å²) in [4.78, 5) is 3.82. The van der Waals surface area contributed by atoms with E-state index < -0.39 is 15.8 Å². The summed E-state index contributed by atoms with van der Waals surface area (Å²) in [7, 11) is -3.39. The summed E-state index contributed by atoms with van der Waals surface area (Å²) in [6.07, 6.45) is 4.61. The average Bonchev–Trinajstić information content (AvgIpc) is 2.82. The van der Waals surface area contributed by atoms with Crippen molar-refractivity contribution in [3.8, 4) is 5.69 Å². The molecule has 0 radical (unpaired) electrons. The smallest absolute Gasteiger partial charge is 0.232 e. The number of benzene rings is 1. The van der Waals surface area contributed by atoms with Crippen LogP contribution in [0.4, 0.5) is 10.1 Å². The first-order valence-corrected chi connectivity index (χ1v) is 6.95. The maximum Gasteiger partial charge on any atom is 0.232 e. The lowest BCUT2D eigenvalue weighted by Gasteiger charge is -2.08. The molecule has 0 aliphatic carbocycles. The highest BCUT2D eigenvalue weighted by Gasteiger charge is 2.10. The fourth-order valence-corrected chi connectivity index (χ4v) is 2.06. The zero-order chi connectivity index (χ0) is 13.2. The average molecular weight is 269 g/mol. The van der Waals surface area contributed by atoms with Crippen LogP contribution in [0.2, 0.25) is 0 Å². The summed E-state index contributed by atoms with van der Waals surface area (Å²) in [5.41, 5.74) is 0.519. The van der Waals surface area contributed by atoms with Crippen LogP contribution in [0.25, 0.3) is 5.69 Å². The van der Waals surface area contributed by atoms with Gasteiger partial charge in [0.05, 0.1) is 23.5 Å². The second-order valence-electron chi connectivity index (χ2n) is 3.64. The molecular formula is C11H12FN3O2S. The third-order valence-electron chi connectivity index (χ3n) is 2.38. The molecule has 5 nitrogen and oxygen atoms in total. The van der Waals surface area contributed by atoms with E-state index in [4.69, 9.17) is 0 Å². The number of hydrogen-bond acceptors (Lipinski definition) is 3. The minimum atomic E-state index is -3.39. The normalized spacial score (nSPS) is 11.4. The summed E-state index contributed by atoms with van der Waals surface area (Å²) in [5, 5.41) is 0. The first-order chi connectivity index (χ1) is 8.52. The molecule has 96 valence electrons. The summed E-state index contributed by atoms with van der Waals surface area (Å²) in [6.45, 7) is 1.51. The van der Waals surface area contributed by atoms with E-state index in [0.29, 0.717) is 5.69 Å². The molecule has 0 bridgehead atoms. The first kappa shape index (κ1) is 12.6. The Morgan fingerprint density at radius 3 is 2.78 bits per heavy atom. The zero-order valence-corrected chi connectivity index (χ0v) is 10.5. The minimum Gasteiger partial charge on any atom is -0.303 e. The van der Waals surface area contributed by atoms with Gasteiger partial charge in [0, 0.05) is 18.5 Å². The van der Waals surface area contributed by atoms with Crippen molar-refractivity contribution < 1.29 is 12.8 Å². The first-order valence-electron chi connectivity index (χ1n) is 5.30. The van der Waals surface area contributed by atoms with Crippen LogP contribution >= 0.6 is 0 Å². The van der Waals surface area contributed by atoms with Gasteiger partial charge in [0.15, 0.2) is 0 Å². The quantitative estimate of drug-likeness (QED) is 0.920. The van der Waals surface area contributed by atoms with Crippen molar-refractivity contribution in [2.75, 3.05) is 10.5 Å². The Morgan fingerprint density at radius 2 is 2.22 bits per heavy atom. The molecule has 0 aliphatic heterocycles. The number of anilines is 1. The molecule has 0 amide bonds. The van der Waals surface area contributed by atoms with Gasteiger partial charge in [-0.1, -0.05) is 0 Å². The molecule has 1 heterocycles. The van der Waals surface area contributed by atoms with Crippen molar-refractivity contribution in [2.45, 2.75) is 6.92 Å². The van der Waals surface area contributed by atoms with Gasteiger partial charge in [0.25, 0.3) is 0 Å². The maximum atomic E-state index is 13.8. The molecule has 1 N–H and O–H groups in total. The van der Waals surface area contributed by atoms with Gasteiger partial charge < -0.3 is 4.57 Å². The van der Waals surface area contributed by atoms with Gasteiger partial charge in [-0.15, -0.1) is 0 Å². The second-order valence-corrected chi connectivity index (χ2v) is 5.65. The van der Waals surface area contributed by atoms with Gasteiger partial charge in [-0.25, -0.2) is 17.8 Å². The Morgan fingerprint density at radius 1 is 1.44 bits per heavy atom. The highest BCUT2D eigenvalue weighted by atomic mass is 32.2. The lowest BCUT2D eigenvalue weighted by Crippen LogP contribution is -2.14. The molecule has 2 rings (SSSR count). The summed E-state index contributed by atoms with van der Waals surface area (Å²) in [5.74, 6) is -0.581. The molecule has 0 atom stereocenters. The Labute approximate surface area is 104 Å². The van der Waals surface area contributed by atoms with Crippen LogP contribution < -0.4 is 4.72 Å². The number of hydrogen-bond donors (Lipinski definition) is 1. The monoisotopic (exact) mass is 269 g/mol. The molecule has 0 saturated carbocycles. The molecule has 0 saturated heterocycles. The molecule has 2 aromatic rings. The SMILES string of the molecule is CCS(=O)(=O)Nc1ccc(-n2ccnc2)c(F)c1. The van der Waals surface area contributed by atoms with Crippen molar-refractivity contribution in [3.05, 3.63) is 42.7 Å². The van der Waals surface area contributed by atoms with Crippen LogP contribution in [0, 0.1) is 5.82 Å². The van der Waals surface area contributed by atoms with E-state index in [1.807, 2.05) is 0 Å². The van der Waals surface area contributed by atoms with Crippen molar-refractivity contribution in [2.24, 2.45) is 0 Å². The van der Waals surface area contributed by atoms with Crippen molar-refractivity contribution >= 4 is 15.7 Å². The van der Waals surface area contributed by atoms with Crippen LogP contribution in [-0.4, -0.2) is 23.7 Å². The van der Waals surface area contributed by atoms with Crippen molar-refractivity contribution in [1.29, 1.82) is 0 Å².